The van der Waals surface area contributed by atoms with Gasteiger partial charge in [0.05, 0.1) is 48.0 Å². The number of aryl methyl sites for hydroxylation is 1. The molecule has 2 aliphatic heterocycles. The van der Waals surface area contributed by atoms with E-state index in [1.165, 1.54) is 0 Å². The summed E-state index contributed by atoms with van der Waals surface area (Å²) < 4.78 is 10.6. The van der Waals surface area contributed by atoms with E-state index >= 15 is 0 Å². The Balaban J connectivity index is 0.921. The SMILES string of the molecule is Cc1cc(CC(=O)N2CCC[C@H]2c2ncc(-c3ccc(-c4ccc(-c5cnc([C@@H]6CCCN6C(=O)[C@H](OC(N)=O)c6ccccc6)[nH]5)cc4)cc3)[nH]2)on1. The van der Waals surface area contributed by atoms with E-state index in [4.69, 9.17) is 15.0 Å². The summed E-state index contributed by atoms with van der Waals surface area (Å²) >= 11 is 0. The molecule has 6 aromatic rings. The maximum atomic E-state index is 13.7. The van der Waals surface area contributed by atoms with Crippen LogP contribution in [-0.4, -0.2) is 65.9 Å². The van der Waals surface area contributed by atoms with Gasteiger partial charge in [0.15, 0.2) is 0 Å². The maximum absolute atomic E-state index is 13.7. The van der Waals surface area contributed by atoms with Crippen LogP contribution in [0.3, 0.4) is 0 Å². The number of hydrogen-bond acceptors (Lipinski definition) is 8. The fourth-order valence-electron chi connectivity index (χ4n) is 7.56. The second-order valence-corrected chi connectivity index (χ2v) is 13.8. The highest BCUT2D eigenvalue weighted by molar-refractivity contribution is 5.85. The van der Waals surface area contributed by atoms with Crippen molar-refractivity contribution in [3.05, 3.63) is 126 Å². The minimum absolute atomic E-state index is 0.00774. The molecule has 4 N–H and O–H groups in total. The Morgan fingerprint density at radius 2 is 1.33 bits per heavy atom. The standard InChI is InChI=1S/C41H40N8O5/c1-25-21-31(54-47-25)22-36(50)48-19-5-9-34(48)38-43-23-32(45-38)28-15-11-26(12-16-28)27-13-17-29(18-14-27)33-24-44-39(46-33)35-10-6-20-49(35)40(51)37(53-41(42)52)30-7-3-2-4-8-30/h2-4,7-8,11-18,21,23-24,34-35,37H,5-6,9-10,19-20,22H2,1H3,(H2,42,52)(H,43,45)(H,44,46)/t34-,35-,37+/m0/s1. The van der Waals surface area contributed by atoms with Crippen LogP contribution in [-0.2, 0) is 20.7 Å². The number of nitrogens with two attached hydrogens (primary N) is 1. The second-order valence-electron chi connectivity index (χ2n) is 13.8. The van der Waals surface area contributed by atoms with E-state index in [-0.39, 0.29) is 30.3 Å². The molecule has 0 saturated carbocycles. The van der Waals surface area contributed by atoms with Gasteiger partial charge < -0.3 is 34.8 Å². The van der Waals surface area contributed by atoms with Crippen LogP contribution in [0.1, 0.15) is 72.5 Å². The first kappa shape index (κ1) is 34.6. The molecule has 2 saturated heterocycles. The first-order chi connectivity index (χ1) is 26.3. The van der Waals surface area contributed by atoms with Crippen LogP contribution < -0.4 is 5.73 Å². The third kappa shape index (κ3) is 7.12. The smallest absolute Gasteiger partial charge is 0.405 e. The van der Waals surface area contributed by atoms with Crippen LogP contribution in [0, 0.1) is 6.92 Å². The molecule has 2 fully saturated rings. The van der Waals surface area contributed by atoms with Crippen molar-refractivity contribution in [2.45, 2.75) is 57.2 Å². The van der Waals surface area contributed by atoms with Crippen molar-refractivity contribution in [3.63, 3.8) is 0 Å². The molecular weight excluding hydrogens is 685 g/mol. The topological polar surface area (TPSA) is 176 Å². The number of likely N-dealkylation sites (tertiary alicyclic amines) is 2. The van der Waals surface area contributed by atoms with Gasteiger partial charge in [-0.25, -0.2) is 14.8 Å². The minimum Gasteiger partial charge on any atom is -0.431 e. The first-order valence-electron chi connectivity index (χ1n) is 18.1. The van der Waals surface area contributed by atoms with Crippen LogP contribution in [0.4, 0.5) is 4.79 Å². The summed E-state index contributed by atoms with van der Waals surface area (Å²) in [6.07, 6.45) is 4.97. The molecule has 0 radical (unpaired) electrons. The lowest BCUT2D eigenvalue weighted by Gasteiger charge is -2.27. The summed E-state index contributed by atoms with van der Waals surface area (Å²) in [5.41, 5.74) is 12.5. The molecule has 0 aliphatic carbocycles. The van der Waals surface area contributed by atoms with Gasteiger partial charge >= 0.3 is 6.09 Å². The maximum Gasteiger partial charge on any atom is 0.405 e. The van der Waals surface area contributed by atoms with Crippen molar-refractivity contribution < 1.29 is 23.6 Å². The molecule has 13 nitrogen and oxygen atoms in total. The van der Waals surface area contributed by atoms with Crippen LogP contribution in [0.25, 0.3) is 33.6 Å². The summed E-state index contributed by atoms with van der Waals surface area (Å²) in [6, 6.07) is 26.8. The van der Waals surface area contributed by atoms with E-state index in [1.54, 1.807) is 41.4 Å². The highest BCUT2D eigenvalue weighted by Crippen LogP contribution is 2.36. The number of rotatable bonds is 10. The molecule has 2 aliphatic rings. The number of ether oxygens (including phenoxy) is 1. The zero-order chi connectivity index (χ0) is 37.2. The Hall–Kier alpha value is -6.50. The zero-order valence-corrected chi connectivity index (χ0v) is 29.8. The van der Waals surface area contributed by atoms with Gasteiger partial charge in [-0.15, -0.1) is 0 Å². The number of benzene rings is 3. The monoisotopic (exact) mass is 724 g/mol. The number of nitrogens with zero attached hydrogens (tertiary/aromatic N) is 5. The van der Waals surface area contributed by atoms with Crippen molar-refractivity contribution >= 4 is 17.9 Å². The zero-order valence-electron chi connectivity index (χ0n) is 29.8. The molecule has 0 bridgehead atoms. The van der Waals surface area contributed by atoms with Crippen LogP contribution in [0.2, 0.25) is 0 Å². The number of H-pyrrole nitrogens is 2. The van der Waals surface area contributed by atoms with Gasteiger partial charge in [-0.2, -0.15) is 0 Å². The van der Waals surface area contributed by atoms with Gasteiger partial charge in [0, 0.05) is 24.7 Å². The number of carbonyl (C=O) groups excluding carboxylic acids is 3. The molecule has 0 spiro atoms. The van der Waals surface area contributed by atoms with Crippen molar-refractivity contribution in [1.82, 2.24) is 34.9 Å². The van der Waals surface area contributed by atoms with Gasteiger partial charge in [-0.1, -0.05) is 84.0 Å². The molecular formula is C41H40N8O5. The number of hydrogen-bond donors (Lipinski definition) is 3. The fourth-order valence-corrected chi connectivity index (χ4v) is 7.56. The summed E-state index contributed by atoms with van der Waals surface area (Å²) in [7, 11) is 0. The average Bonchev–Trinajstić information content (AvgIpc) is 4.04. The third-order valence-electron chi connectivity index (χ3n) is 10.2. The molecule has 3 atom stereocenters. The second kappa shape index (κ2) is 14.9. The van der Waals surface area contributed by atoms with Gasteiger partial charge in [0.1, 0.15) is 17.4 Å². The van der Waals surface area contributed by atoms with E-state index in [0.717, 1.165) is 70.8 Å². The van der Waals surface area contributed by atoms with E-state index < -0.39 is 12.2 Å². The number of imidazole rings is 2. The fraction of sp³-hybridized carbons (Fsp3) is 0.268. The predicted octanol–water partition coefficient (Wildman–Crippen LogP) is 6.84. The van der Waals surface area contributed by atoms with E-state index in [2.05, 4.69) is 61.5 Å². The molecule has 3 amide bonds. The number of aromatic amines is 2. The molecule has 3 aromatic carbocycles. The normalized spacial score (nSPS) is 17.5. The predicted molar refractivity (Wildman–Crippen MR) is 199 cm³/mol. The molecule has 54 heavy (non-hydrogen) atoms. The Morgan fingerprint density at radius 1 is 0.796 bits per heavy atom. The lowest BCUT2D eigenvalue weighted by Crippen LogP contribution is -2.37. The number of carbonyl (C=O) groups is 3. The quantitative estimate of drug-likeness (QED) is 0.138. The Labute approximate surface area is 311 Å². The van der Waals surface area contributed by atoms with Gasteiger partial charge in [-0.3, -0.25) is 9.59 Å². The van der Waals surface area contributed by atoms with Crippen molar-refractivity contribution in [1.29, 1.82) is 0 Å². The third-order valence-corrected chi connectivity index (χ3v) is 10.2. The van der Waals surface area contributed by atoms with E-state index in [0.29, 0.717) is 30.2 Å². The van der Waals surface area contributed by atoms with E-state index in [1.807, 2.05) is 36.2 Å². The van der Waals surface area contributed by atoms with Crippen LogP contribution >= 0.6 is 0 Å². The highest BCUT2D eigenvalue weighted by Gasteiger charge is 2.38. The van der Waals surface area contributed by atoms with Gasteiger partial charge in [0.25, 0.3) is 5.91 Å². The molecule has 0 unspecified atom stereocenters. The van der Waals surface area contributed by atoms with Crippen molar-refractivity contribution in [2.75, 3.05) is 13.1 Å². The molecule has 8 rings (SSSR count). The van der Waals surface area contributed by atoms with Crippen LogP contribution in [0.5, 0.6) is 0 Å². The molecule has 5 heterocycles. The molecule has 3 aromatic heterocycles. The summed E-state index contributed by atoms with van der Waals surface area (Å²) in [5, 5.41) is 3.90. The Bertz CT molecular complexity index is 2260. The van der Waals surface area contributed by atoms with Gasteiger partial charge in [0.2, 0.25) is 12.0 Å². The number of primary amides is 1. The minimum atomic E-state index is -1.13. The lowest BCUT2D eigenvalue weighted by molar-refractivity contribution is -0.141. The number of nitrogens with one attached hydrogen (secondary N) is 2. The largest absolute Gasteiger partial charge is 0.431 e. The number of amides is 3. The lowest BCUT2D eigenvalue weighted by atomic mass is 10.0. The molecule has 274 valence electrons. The number of aromatic nitrogens is 5. The van der Waals surface area contributed by atoms with E-state index in [9.17, 15) is 14.4 Å². The average molecular weight is 725 g/mol. The Morgan fingerprint density at radius 3 is 1.87 bits per heavy atom. The van der Waals surface area contributed by atoms with Crippen LogP contribution in [0.15, 0.2) is 102 Å². The summed E-state index contributed by atoms with van der Waals surface area (Å²) in [4.78, 5) is 58.3. The Kier molecular flexibility index (Phi) is 9.51. The molecule has 13 heteroatoms. The highest BCUT2D eigenvalue weighted by atomic mass is 16.6. The van der Waals surface area contributed by atoms with Gasteiger partial charge in [-0.05, 0) is 54.9 Å². The summed E-state index contributed by atoms with van der Waals surface area (Å²) in [5.74, 6) is 1.71. The first-order valence-corrected chi connectivity index (χ1v) is 18.1. The summed E-state index contributed by atoms with van der Waals surface area (Å²) in [6.45, 7) is 3.05. The van der Waals surface area contributed by atoms with Crippen molar-refractivity contribution in [3.8, 4) is 33.6 Å². The van der Waals surface area contributed by atoms with Crippen molar-refractivity contribution in [2.24, 2.45) is 5.73 Å².